The number of H-pyrrole nitrogens is 1. The number of aryl methyl sites for hydroxylation is 2. The first-order valence-electron chi connectivity index (χ1n) is 9.25. The summed E-state index contributed by atoms with van der Waals surface area (Å²) in [4.78, 5) is 34.8. The Morgan fingerprint density at radius 1 is 1.21 bits per heavy atom. The van der Waals surface area contributed by atoms with Crippen LogP contribution in [0, 0.1) is 25.2 Å². The molecule has 8 nitrogen and oxygen atoms in total. The normalized spacial score (nSPS) is 11.9. The monoisotopic (exact) mass is 501 g/mol. The zero-order valence-corrected chi connectivity index (χ0v) is 18.1. The summed E-state index contributed by atoms with van der Waals surface area (Å²) in [6.07, 6.45) is -5.67. The zero-order chi connectivity index (χ0) is 25.4. The van der Waals surface area contributed by atoms with E-state index in [2.05, 4.69) is 15.0 Å². The Bertz CT molecular complexity index is 1430. The second-order valence-electron chi connectivity index (χ2n) is 6.97. The number of hydrogen-bond donors (Lipinski definition) is 1. The number of nitrogens with one attached hydrogen (secondary N) is 1. The molecule has 0 aliphatic heterocycles. The van der Waals surface area contributed by atoms with Gasteiger partial charge in [0.05, 0.1) is 24.0 Å². The number of halogens is 6. The van der Waals surface area contributed by atoms with Crippen LogP contribution >= 0.6 is 11.6 Å². The molecule has 3 rings (SSSR count). The minimum absolute atomic E-state index is 0.0553. The molecule has 0 bridgehead atoms. The highest BCUT2D eigenvalue weighted by atomic mass is 35.5. The van der Waals surface area contributed by atoms with Gasteiger partial charge >= 0.3 is 12.1 Å². The summed E-state index contributed by atoms with van der Waals surface area (Å²) in [5, 5.41) is 8.64. The third kappa shape index (κ3) is 4.49. The van der Waals surface area contributed by atoms with Gasteiger partial charge < -0.3 is 9.72 Å². The minimum atomic E-state index is -6.11. The summed E-state index contributed by atoms with van der Waals surface area (Å²) < 4.78 is 73.4. The van der Waals surface area contributed by atoms with Gasteiger partial charge in [0, 0.05) is 5.69 Å². The van der Waals surface area contributed by atoms with E-state index in [1.807, 2.05) is 0 Å². The Balaban J connectivity index is 2.23. The van der Waals surface area contributed by atoms with Crippen molar-refractivity contribution >= 4 is 11.6 Å². The van der Waals surface area contributed by atoms with E-state index in [-0.39, 0.29) is 22.6 Å². The first-order valence-corrected chi connectivity index (χ1v) is 9.63. The van der Waals surface area contributed by atoms with E-state index in [1.54, 1.807) is 6.07 Å². The van der Waals surface area contributed by atoms with Crippen LogP contribution in [0.5, 0.6) is 11.5 Å². The molecule has 0 aliphatic carbocycles. The van der Waals surface area contributed by atoms with Gasteiger partial charge in [-0.3, -0.25) is 14.2 Å². The number of benzene rings is 1. The second kappa shape index (κ2) is 8.86. The van der Waals surface area contributed by atoms with Crippen molar-refractivity contribution in [1.29, 1.82) is 5.26 Å². The highest BCUT2D eigenvalue weighted by Crippen LogP contribution is 2.46. The molecule has 0 saturated carbocycles. The summed E-state index contributed by atoms with van der Waals surface area (Å²) in [6.45, 7) is 2.40. The van der Waals surface area contributed by atoms with Gasteiger partial charge in [-0.25, -0.2) is 9.97 Å². The summed E-state index contributed by atoms with van der Waals surface area (Å²) in [5.41, 5.74) is -4.14. The molecule has 14 heteroatoms. The van der Waals surface area contributed by atoms with E-state index in [1.165, 1.54) is 26.0 Å². The molecule has 0 atom stereocenters. The number of aromatic nitrogens is 4. The average Bonchev–Trinajstić information content (AvgIpc) is 2.73. The molecule has 2 aromatic heterocycles. The highest BCUT2D eigenvalue weighted by Gasteiger charge is 2.62. The number of aromatic amines is 1. The molecular weight excluding hydrogens is 489 g/mol. The molecule has 1 N–H and O–H groups in total. The SMILES string of the molecule is Cc1nc(C)c(Cn2cnc(C(F)(F)C(F)(F)F)c(Oc3cccc(C#N)c3Cl)c2=O)c(=O)[nH]1. The standard InChI is InChI=1S/C20H13ClF5N5O3/c1-9-12(17(32)30-10(2)29-9)7-31-8-28-16(19(22,23)20(24,25)26)15(18(31)33)34-13-5-3-4-11(6-27)14(13)21/h3-5,8H,7H2,1-2H3,(H,29,30,32). The van der Waals surface area contributed by atoms with Gasteiger partial charge in [-0.2, -0.15) is 27.2 Å². The highest BCUT2D eigenvalue weighted by molar-refractivity contribution is 6.33. The first-order chi connectivity index (χ1) is 15.8. The lowest BCUT2D eigenvalue weighted by molar-refractivity contribution is -0.291. The number of ether oxygens (including phenoxy) is 1. The Morgan fingerprint density at radius 2 is 1.88 bits per heavy atom. The third-order valence-electron chi connectivity index (χ3n) is 4.61. The molecule has 3 aromatic rings. The third-order valence-corrected chi connectivity index (χ3v) is 5.00. The number of alkyl halides is 5. The lowest BCUT2D eigenvalue weighted by Gasteiger charge is -2.22. The van der Waals surface area contributed by atoms with Gasteiger partial charge in [0.2, 0.25) is 5.75 Å². The zero-order valence-electron chi connectivity index (χ0n) is 17.3. The van der Waals surface area contributed by atoms with Crippen LogP contribution in [0.25, 0.3) is 0 Å². The maximum atomic E-state index is 14.2. The lowest BCUT2D eigenvalue weighted by Crippen LogP contribution is -2.38. The van der Waals surface area contributed by atoms with Crippen LogP contribution < -0.4 is 15.9 Å². The quantitative estimate of drug-likeness (QED) is 0.529. The molecule has 0 unspecified atom stereocenters. The smallest absolute Gasteiger partial charge is 0.448 e. The number of nitrogens with zero attached hydrogens (tertiary/aromatic N) is 4. The van der Waals surface area contributed by atoms with Crippen LogP contribution in [0.2, 0.25) is 5.02 Å². The fraction of sp³-hybridized carbons (Fsp3) is 0.250. The van der Waals surface area contributed by atoms with Crippen molar-refractivity contribution in [2.45, 2.75) is 32.5 Å². The van der Waals surface area contributed by atoms with Gasteiger partial charge in [0.1, 0.15) is 22.7 Å². The largest absolute Gasteiger partial charge is 0.459 e. The van der Waals surface area contributed by atoms with Crippen LogP contribution in [0.1, 0.15) is 28.3 Å². The maximum absolute atomic E-state index is 14.2. The number of rotatable bonds is 5. The molecular formula is C20H13ClF5N5O3. The van der Waals surface area contributed by atoms with Gasteiger partial charge in [-0.15, -0.1) is 0 Å². The van der Waals surface area contributed by atoms with Gasteiger partial charge in [-0.1, -0.05) is 17.7 Å². The molecule has 0 amide bonds. The van der Waals surface area contributed by atoms with Crippen molar-refractivity contribution in [1.82, 2.24) is 19.5 Å². The van der Waals surface area contributed by atoms with E-state index in [4.69, 9.17) is 21.6 Å². The fourth-order valence-corrected chi connectivity index (χ4v) is 3.13. The summed E-state index contributed by atoms with van der Waals surface area (Å²) in [6, 6.07) is 5.20. The van der Waals surface area contributed by atoms with E-state index in [0.717, 1.165) is 6.07 Å². The van der Waals surface area contributed by atoms with Crippen LogP contribution in [0.3, 0.4) is 0 Å². The maximum Gasteiger partial charge on any atom is 0.459 e. The molecule has 1 aromatic carbocycles. The second-order valence-corrected chi connectivity index (χ2v) is 7.35. The molecule has 34 heavy (non-hydrogen) atoms. The molecule has 0 aliphatic rings. The van der Waals surface area contributed by atoms with Crippen molar-refractivity contribution in [3.05, 3.63) is 78.6 Å². The van der Waals surface area contributed by atoms with Crippen molar-refractivity contribution in [3.63, 3.8) is 0 Å². The molecule has 0 spiro atoms. The van der Waals surface area contributed by atoms with E-state index < -0.39 is 52.0 Å². The summed E-state index contributed by atoms with van der Waals surface area (Å²) >= 11 is 5.95. The van der Waals surface area contributed by atoms with E-state index >= 15 is 0 Å². The van der Waals surface area contributed by atoms with E-state index in [9.17, 15) is 31.5 Å². The molecule has 178 valence electrons. The lowest BCUT2D eigenvalue weighted by atomic mass is 10.2. The predicted molar refractivity (Wildman–Crippen MR) is 108 cm³/mol. The topological polar surface area (TPSA) is 114 Å². The van der Waals surface area contributed by atoms with Gasteiger partial charge in [0.15, 0.2) is 5.69 Å². The summed E-state index contributed by atoms with van der Waals surface area (Å²) in [5.74, 6) is -7.30. The average molecular weight is 502 g/mol. The number of hydrogen-bond acceptors (Lipinski definition) is 6. The Morgan fingerprint density at radius 3 is 2.47 bits per heavy atom. The van der Waals surface area contributed by atoms with E-state index in [0.29, 0.717) is 10.9 Å². The molecule has 0 radical (unpaired) electrons. The Hall–Kier alpha value is -3.79. The first kappa shape index (κ1) is 24.8. The summed E-state index contributed by atoms with van der Waals surface area (Å²) in [7, 11) is 0. The van der Waals surface area contributed by atoms with Crippen molar-refractivity contribution in [3.8, 4) is 17.6 Å². The van der Waals surface area contributed by atoms with Crippen molar-refractivity contribution < 1.29 is 26.7 Å². The van der Waals surface area contributed by atoms with Crippen molar-refractivity contribution in [2.24, 2.45) is 0 Å². The van der Waals surface area contributed by atoms with Gasteiger partial charge in [0.25, 0.3) is 11.1 Å². The molecule has 2 heterocycles. The number of nitriles is 1. The molecule has 0 saturated heterocycles. The fourth-order valence-electron chi connectivity index (χ4n) is 2.93. The van der Waals surface area contributed by atoms with Crippen LogP contribution in [0.4, 0.5) is 22.0 Å². The molecule has 0 fully saturated rings. The van der Waals surface area contributed by atoms with Crippen LogP contribution in [0.15, 0.2) is 34.1 Å². The minimum Gasteiger partial charge on any atom is -0.448 e. The van der Waals surface area contributed by atoms with Gasteiger partial charge in [-0.05, 0) is 26.0 Å². The predicted octanol–water partition coefficient (Wildman–Crippen LogP) is 3.96. The van der Waals surface area contributed by atoms with Crippen LogP contribution in [-0.4, -0.2) is 25.7 Å². The van der Waals surface area contributed by atoms with Crippen molar-refractivity contribution in [2.75, 3.05) is 0 Å². The Kier molecular flexibility index (Phi) is 6.48. The Labute approximate surface area is 192 Å². The van der Waals surface area contributed by atoms with Crippen LogP contribution in [-0.2, 0) is 12.5 Å².